The van der Waals surface area contributed by atoms with E-state index in [0.29, 0.717) is 26.0 Å². The summed E-state index contributed by atoms with van der Waals surface area (Å²) in [6.07, 6.45) is 1.20. The Bertz CT molecular complexity index is 1210. The lowest BCUT2D eigenvalue weighted by atomic mass is 10.0. The van der Waals surface area contributed by atoms with Crippen LogP contribution in [0.2, 0.25) is 0 Å². The van der Waals surface area contributed by atoms with Crippen molar-refractivity contribution in [2.45, 2.75) is 70.4 Å². The summed E-state index contributed by atoms with van der Waals surface area (Å²) in [6, 6.07) is 5.22. The lowest BCUT2D eigenvalue weighted by molar-refractivity contribution is -0.130. The van der Waals surface area contributed by atoms with Gasteiger partial charge in [-0.1, -0.05) is 12.1 Å². The molecule has 0 radical (unpaired) electrons. The number of morpholine rings is 1. The third-order valence-corrected chi connectivity index (χ3v) is 7.15. The van der Waals surface area contributed by atoms with Crippen molar-refractivity contribution in [1.29, 1.82) is 0 Å². The van der Waals surface area contributed by atoms with E-state index >= 15 is 0 Å². The number of benzene rings is 1. The second kappa shape index (κ2) is 11.5. The van der Waals surface area contributed by atoms with Crippen LogP contribution in [0.4, 0.5) is 4.79 Å². The number of amides is 2. The molecule has 2 aliphatic heterocycles. The van der Waals surface area contributed by atoms with E-state index in [9.17, 15) is 19.5 Å². The van der Waals surface area contributed by atoms with Crippen LogP contribution in [0.15, 0.2) is 23.0 Å². The zero-order valence-corrected chi connectivity index (χ0v) is 23.1. The Balaban J connectivity index is 1.38. The van der Waals surface area contributed by atoms with Gasteiger partial charge in [0.2, 0.25) is 5.91 Å². The number of rotatable bonds is 7. The van der Waals surface area contributed by atoms with Crippen molar-refractivity contribution in [3.05, 3.63) is 34.2 Å². The number of ether oxygens (including phenoxy) is 2. The standard InChI is InChI=1S/C27H41N5O6/c1-27(2,3)38-26(36)29(4)16-19-17-31(14-15-37-19)13-7-9-18-8-6-10-20-23(18)30(5)25(35)32(20)21-11-12-22(33)28-24(21)34/h6,8,10,19,21-22,33H,7,9,11-17H2,1-5H3,(H,28,34)/t19-,21?,22?/m1/s1. The highest BCUT2D eigenvalue weighted by atomic mass is 16.6. The number of aromatic nitrogens is 2. The van der Waals surface area contributed by atoms with Crippen LogP contribution in [-0.4, -0.2) is 93.8 Å². The summed E-state index contributed by atoms with van der Waals surface area (Å²) in [5, 5.41) is 12.3. The van der Waals surface area contributed by atoms with Crippen LogP contribution in [-0.2, 0) is 27.7 Å². The summed E-state index contributed by atoms with van der Waals surface area (Å²) in [5.74, 6) is -0.331. The van der Waals surface area contributed by atoms with Crippen molar-refractivity contribution in [2.24, 2.45) is 7.05 Å². The summed E-state index contributed by atoms with van der Waals surface area (Å²) >= 11 is 0. The Morgan fingerprint density at radius 1 is 1.26 bits per heavy atom. The van der Waals surface area contributed by atoms with Gasteiger partial charge >= 0.3 is 11.8 Å². The Kier molecular flexibility index (Phi) is 8.49. The van der Waals surface area contributed by atoms with Gasteiger partial charge in [0.15, 0.2) is 0 Å². The number of hydrogen-bond acceptors (Lipinski definition) is 7. The quantitative estimate of drug-likeness (QED) is 0.557. The highest BCUT2D eigenvalue weighted by Crippen LogP contribution is 2.26. The van der Waals surface area contributed by atoms with Crippen LogP contribution in [0.25, 0.3) is 11.0 Å². The maximum atomic E-state index is 13.2. The number of imidazole rings is 1. The van der Waals surface area contributed by atoms with Crippen molar-refractivity contribution in [3.8, 4) is 0 Å². The van der Waals surface area contributed by atoms with Crippen LogP contribution in [0.3, 0.4) is 0 Å². The van der Waals surface area contributed by atoms with Crippen LogP contribution >= 0.6 is 0 Å². The highest BCUT2D eigenvalue weighted by molar-refractivity contribution is 5.86. The zero-order chi connectivity index (χ0) is 27.6. The monoisotopic (exact) mass is 531 g/mol. The second-order valence-electron chi connectivity index (χ2n) is 11.4. The molecule has 2 unspecified atom stereocenters. The van der Waals surface area contributed by atoms with E-state index in [4.69, 9.17) is 9.47 Å². The van der Waals surface area contributed by atoms with Crippen molar-refractivity contribution in [1.82, 2.24) is 24.3 Å². The van der Waals surface area contributed by atoms with Crippen LogP contribution in [0.1, 0.15) is 51.6 Å². The predicted molar refractivity (Wildman–Crippen MR) is 143 cm³/mol. The molecule has 2 amide bonds. The number of hydrogen-bond donors (Lipinski definition) is 2. The van der Waals surface area contributed by atoms with Crippen molar-refractivity contribution >= 4 is 23.0 Å². The van der Waals surface area contributed by atoms with E-state index in [1.165, 1.54) is 0 Å². The zero-order valence-electron chi connectivity index (χ0n) is 23.1. The maximum Gasteiger partial charge on any atom is 0.410 e. The average molecular weight is 532 g/mol. The number of carbonyl (C=O) groups excluding carboxylic acids is 2. The molecule has 2 saturated heterocycles. The molecule has 2 N–H and O–H groups in total. The largest absolute Gasteiger partial charge is 0.444 e. The average Bonchev–Trinajstić information content (AvgIpc) is 3.09. The molecule has 11 heteroatoms. The Labute approximate surface area is 223 Å². The van der Waals surface area contributed by atoms with Crippen molar-refractivity contribution in [3.63, 3.8) is 0 Å². The topological polar surface area (TPSA) is 118 Å². The van der Waals surface area contributed by atoms with Gasteiger partial charge in [-0.15, -0.1) is 0 Å². The van der Waals surface area contributed by atoms with Crippen molar-refractivity contribution < 1.29 is 24.2 Å². The molecule has 3 heterocycles. The predicted octanol–water partition coefficient (Wildman–Crippen LogP) is 1.61. The minimum atomic E-state index is -0.863. The number of aliphatic hydroxyl groups is 1. The first kappa shape index (κ1) is 28.1. The molecule has 4 rings (SSSR count). The number of aliphatic hydroxyl groups excluding tert-OH is 1. The molecular formula is C27H41N5O6. The van der Waals surface area contributed by atoms with E-state index < -0.39 is 17.9 Å². The fourth-order valence-corrected chi connectivity index (χ4v) is 5.36. The van der Waals surface area contributed by atoms with Crippen LogP contribution in [0, 0.1) is 0 Å². The van der Waals surface area contributed by atoms with E-state index in [-0.39, 0.29) is 23.8 Å². The summed E-state index contributed by atoms with van der Waals surface area (Å²) in [4.78, 5) is 41.9. The van der Waals surface area contributed by atoms with E-state index in [1.807, 2.05) is 39.0 Å². The molecular weight excluding hydrogens is 490 g/mol. The van der Waals surface area contributed by atoms with Gasteiger partial charge in [0.05, 0.1) is 30.3 Å². The lowest BCUT2D eigenvalue weighted by Gasteiger charge is -2.35. The minimum absolute atomic E-state index is 0.0836. The molecule has 1 aromatic carbocycles. The number of nitrogens with one attached hydrogen (secondary N) is 1. The number of fused-ring (bicyclic) bond motifs is 1. The normalized spacial score (nSPS) is 22.9. The Morgan fingerprint density at radius 2 is 2.03 bits per heavy atom. The minimum Gasteiger partial charge on any atom is -0.444 e. The third kappa shape index (κ3) is 6.39. The number of aryl methyl sites for hydroxylation is 2. The molecule has 3 atom stereocenters. The smallest absolute Gasteiger partial charge is 0.410 e. The summed E-state index contributed by atoms with van der Waals surface area (Å²) in [7, 11) is 3.47. The molecule has 38 heavy (non-hydrogen) atoms. The molecule has 0 spiro atoms. The van der Waals surface area contributed by atoms with Gasteiger partial charge in [-0.05, 0) is 64.6 Å². The number of piperidine rings is 1. The highest BCUT2D eigenvalue weighted by Gasteiger charge is 2.32. The second-order valence-corrected chi connectivity index (χ2v) is 11.4. The Hall–Kier alpha value is -2.89. The van der Waals surface area contributed by atoms with Gasteiger partial charge in [-0.3, -0.25) is 18.8 Å². The molecule has 1 aromatic heterocycles. The van der Waals surface area contributed by atoms with E-state index in [2.05, 4.69) is 10.2 Å². The molecule has 0 aliphatic carbocycles. The molecule has 11 nitrogen and oxygen atoms in total. The Morgan fingerprint density at radius 3 is 2.74 bits per heavy atom. The van der Waals surface area contributed by atoms with Crippen LogP contribution in [0.5, 0.6) is 0 Å². The number of likely N-dealkylation sites (N-methyl/N-ethyl adjacent to an activating group) is 1. The van der Waals surface area contributed by atoms with E-state index in [1.54, 1.807) is 28.1 Å². The van der Waals surface area contributed by atoms with E-state index in [0.717, 1.165) is 49.1 Å². The summed E-state index contributed by atoms with van der Waals surface area (Å²) < 4.78 is 14.5. The summed E-state index contributed by atoms with van der Waals surface area (Å²) in [5.41, 5.74) is 1.88. The number of carbonyl (C=O) groups is 2. The SMILES string of the molecule is CN(C[C@@H]1CN(CCCc2cccc3c2n(C)c(=O)n3C2CCC(O)NC2=O)CCO1)C(=O)OC(C)(C)C. The fraction of sp³-hybridized carbons (Fsp3) is 0.667. The third-order valence-electron chi connectivity index (χ3n) is 7.15. The van der Waals surface area contributed by atoms with Gasteiger partial charge < -0.3 is 24.8 Å². The first-order valence-corrected chi connectivity index (χ1v) is 13.4. The molecule has 0 bridgehead atoms. The van der Waals surface area contributed by atoms with Gasteiger partial charge in [0.25, 0.3) is 0 Å². The molecule has 2 aromatic rings. The van der Waals surface area contributed by atoms with Crippen LogP contribution < -0.4 is 11.0 Å². The van der Waals surface area contributed by atoms with Gasteiger partial charge in [-0.25, -0.2) is 9.59 Å². The molecule has 2 aliphatic rings. The molecule has 0 saturated carbocycles. The number of nitrogens with zero attached hydrogens (tertiary/aromatic N) is 4. The van der Waals surface area contributed by atoms with Gasteiger partial charge in [0.1, 0.15) is 17.9 Å². The maximum absolute atomic E-state index is 13.2. The number of para-hydroxylation sites is 1. The lowest BCUT2D eigenvalue weighted by Crippen LogP contribution is -2.48. The van der Waals surface area contributed by atoms with Crippen molar-refractivity contribution in [2.75, 3.05) is 39.8 Å². The summed E-state index contributed by atoms with van der Waals surface area (Å²) in [6.45, 7) is 9.05. The fourth-order valence-electron chi connectivity index (χ4n) is 5.36. The molecule has 2 fully saturated rings. The van der Waals surface area contributed by atoms with Gasteiger partial charge in [0, 0.05) is 27.2 Å². The first-order chi connectivity index (χ1) is 17.9. The molecule has 210 valence electrons. The first-order valence-electron chi connectivity index (χ1n) is 13.4. The van der Waals surface area contributed by atoms with Gasteiger partial charge in [-0.2, -0.15) is 0 Å².